The summed E-state index contributed by atoms with van der Waals surface area (Å²) < 4.78 is 69.9. The molecular weight excluding hydrogens is 433 g/mol. The Hall–Kier alpha value is -3.37. The number of alkyl halides is 3. The third kappa shape index (κ3) is 6.30. The Kier molecular flexibility index (Phi) is 6.62. The summed E-state index contributed by atoms with van der Waals surface area (Å²) in [6.45, 7) is -0.0805. The van der Waals surface area contributed by atoms with Crippen LogP contribution in [0.25, 0.3) is 6.08 Å². The summed E-state index contributed by atoms with van der Waals surface area (Å²) in [5, 5.41) is 2.43. The highest BCUT2D eigenvalue weighted by molar-refractivity contribution is 7.89. The van der Waals surface area contributed by atoms with Gasteiger partial charge < -0.3 is 9.73 Å². The van der Waals surface area contributed by atoms with Crippen LogP contribution >= 0.6 is 0 Å². The van der Waals surface area contributed by atoms with E-state index < -0.39 is 27.7 Å². The number of hydrogen-bond donors (Lipinski definition) is 2. The third-order valence-corrected chi connectivity index (χ3v) is 5.47. The molecule has 3 aromatic rings. The largest absolute Gasteiger partial charge is 0.460 e. The van der Waals surface area contributed by atoms with Gasteiger partial charge in [-0.2, -0.15) is 13.2 Å². The van der Waals surface area contributed by atoms with Crippen LogP contribution in [-0.4, -0.2) is 14.3 Å². The minimum atomic E-state index is -4.45. The molecule has 1 heterocycles. The van der Waals surface area contributed by atoms with E-state index >= 15 is 0 Å². The normalized spacial score (nSPS) is 12.2. The lowest BCUT2D eigenvalue weighted by Gasteiger charge is -2.07. The van der Waals surface area contributed by atoms with Gasteiger partial charge in [-0.05, 0) is 54.6 Å². The van der Waals surface area contributed by atoms with Crippen molar-refractivity contribution in [1.29, 1.82) is 0 Å². The second-order valence-electron chi connectivity index (χ2n) is 6.34. The molecule has 0 aliphatic rings. The summed E-state index contributed by atoms with van der Waals surface area (Å²) in [5.74, 6) is 0.0706. The molecule has 31 heavy (non-hydrogen) atoms. The van der Waals surface area contributed by atoms with Crippen LogP contribution in [0.3, 0.4) is 0 Å². The van der Waals surface area contributed by atoms with Gasteiger partial charge in [0.1, 0.15) is 11.5 Å². The van der Waals surface area contributed by atoms with E-state index in [1.165, 1.54) is 18.2 Å². The van der Waals surface area contributed by atoms with Crippen molar-refractivity contribution in [2.24, 2.45) is 0 Å². The fourth-order valence-electron chi connectivity index (χ4n) is 2.51. The Morgan fingerprint density at radius 1 is 0.968 bits per heavy atom. The van der Waals surface area contributed by atoms with Gasteiger partial charge in [-0.25, -0.2) is 13.1 Å². The van der Waals surface area contributed by atoms with Gasteiger partial charge in [-0.3, -0.25) is 4.79 Å². The van der Waals surface area contributed by atoms with Crippen LogP contribution in [0.1, 0.15) is 17.1 Å². The number of carbonyl (C=O) groups is 1. The van der Waals surface area contributed by atoms with Gasteiger partial charge in [0.15, 0.2) is 0 Å². The van der Waals surface area contributed by atoms with E-state index in [0.29, 0.717) is 11.5 Å². The van der Waals surface area contributed by atoms with Gasteiger partial charge in [-0.15, -0.1) is 0 Å². The topological polar surface area (TPSA) is 88.4 Å². The van der Waals surface area contributed by atoms with E-state index in [1.807, 2.05) is 0 Å². The third-order valence-electron chi connectivity index (χ3n) is 4.05. The first-order valence-electron chi connectivity index (χ1n) is 8.93. The summed E-state index contributed by atoms with van der Waals surface area (Å²) in [5.41, 5.74) is -0.606. The predicted molar refractivity (Wildman–Crippen MR) is 108 cm³/mol. The molecule has 0 aliphatic carbocycles. The van der Waals surface area contributed by atoms with Crippen LogP contribution < -0.4 is 10.0 Å². The number of benzene rings is 2. The van der Waals surface area contributed by atoms with Gasteiger partial charge in [0.2, 0.25) is 15.9 Å². The highest BCUT2D eigenvalue weighted by Crippen LogP contribution is 2.29. The van der Waals surface area contributed by atoms with Crippen LogP contribution in [0.2, 0.25) is 0 Å². The first kappa shape index (κ1) is 22.3. The zero-order valence-electron chi connectivity index (χ0n) is 15.9. The Labute approximate surface area is 176 Å². The average Bonchev–Trinajstić information content (AvgIpc) is 3.19. The number of nitrogens with one attached hydrogen (secondary N) is 2. The molecule has 0 saturated carbocycles. The van der Waals surface area contributed by atoms with E-state index in [2.05, 4.69) is 10.0 Å². The van der Waals surface area contributed by atoms with E-state index in [0.717, 1.165) is 30.3 Å². The molecule has 0 saturated heterocycles. The number of carbonyl (C=O) groups excluding carboxylic acids is 1. The molecule has 162 valence electrons. The maximum atomic E-state index is 12.6. The quantitative estimate of drug-likeness (QED) is 0.522. The molecule has 0 aliphatic heterocycles. The first-order chi connectivity index (χ1) is 14.6. The van der Waals surface area contributed by atoms with Crippen LogP contribution in [0, 0.1) is 0 Å². The summed E-state index contributed by atoms with van der Waals surface area (Å²) in [6, 6.07) is 15.0. The fraction of sp³-hybridized carbons (Fsp3) is 0.0952. The zero-order chi connectivity index (χ0) is 22.5. The second kappa shape index (κ2) is 9.19. The van der Waals surface area contributed by atoms with E-state index in [1.54, 1.807) is 30.3 Å². The summed E-state index contributed by atoms with van der Waals surface area (Å²) in [6.07, 6.45) is -1.95. The Balaban J connectivity index is 1.55. The Bertz CT molecular complexity index is 1170. The van der Waals surface area contributed by atoms with Gasteiger partial charge in [0.05, 0.1) is 17.0 Å². The van der Waals surface area contributed by atoms with Gasteiger partial charge >= 0.3 is 6.18 Å². The lowest BCUT2D eigenvalue weighted by molar-refractivity contribution is -0.137. The lowest BCUT2D eigenvalue weighted by Crippen LogP contribution is -2.22. The van der Waals surface area contributed by atoms with Crippen molar-refractivity contribution in [2.75, 3.05) is 5.32 Å². The van der Waals surface area contributed by atoms with Gasteiger partial charge in [-0.1, -0.05) is 18.2 Å². The molecule has 0 spiro atoms. The summed E-state index contributed by atoms with van der Waals surface area (Å²) >= 11 is 0. The SMILES string of the molecule is O=C(/C=C/c1ccc(CNS(=O)(=O)c2ccccc2)o1)Nc1ccc(C(F)(F)F)cc1. The van der Waals surface area contributed by atoms with E-state index in [-0.39, 0.29) is 17.1 Å². The lowest BCUT2D eigenvalue weighted by atomic mass is 10.2. The second-order valence-corrected chi connectivity index (χ2v) is 8.11. The van der Waals surface area contributed by atoms with E-state index in [4.69, 9.17) is 4.42 Å². The van der Waals surface area contributed by atoms with Crippen molar-refractivity contribution in [3.8, 4) is 0 Å². The molecule has 0 bridgehead atoms. The molecule has 1 amide bonds. The molecule has 2 aromatic carbocycles. The van der Waals surface area contributed by atoms with Crippen LogP contribution in [0.5, 0.6) is 0 Å². The number of amides is 1. The fourth-order valence-corrected chi connectivity index (χ4v) is 3.53. The maximum Gasteiger partial charge on any atom is 0.416 e. The standard InChI is InChI=1S/C21H17F3N2O4S/c22-21(23,24)15-6-8-16(9-7-15)26-20(27)13-12-17-10-11-18(30-17)14-25-31(28,29)19-4-2-1-3-5-19/h1-13,25H,14H2,(H,26,27)/b13-12+. The smallest absolute Gasteiger partial charge is 0.416 e. The summed E-state index contributed by atoms with van der Waals surface area (Å²) in [7, 11) is -3.68. The number of hydrogen-bond acceptors (Lipinski definition) is 4. The summed E-state index contributed by atoms with van der Waals surface area (Å²) in [4.78, 5) is 12.1. The molecule has 0 radical (unpaired) electrons. The van der Waals surface area contributed by atoms with Crippen molar-refractivity contribution >= 4 is 27.7 Å². The van der Waals surface area contributed by atoms with Crippen molar-refractivity contribution in [2.45, 2.75) is 17.6 Å². The monoisotopic (exact) mass is 450 g/mol. The molecule has 0 unspecified atom stereocenters. The van der Waals surface area contributed by atoms with Crippen molar-refractivity contribution in [3.05, 3.63) is 89.9 Å². The number of sulfonamides is 1. The zero-order valence-corrected chi connectivity index (χ0v) is 16.7. The Morgan fingerprint density at radius 2 is 1.65 bits per heavy atom. The minimum absolute atomic E-state index is 0.0805. The molecule has 1 aromatic heterocycles. The van der Waals surface area contributed by atoms with Crippen molar-refractivity contribution < 1.29 is 30.8 Å². The van der Waals surface area contributed by atoms with Gasteiger partial charge in [0.25, 0.3) is 0 Å². The van der Waals surface area contributed by atoms with Crippen molar-refractivity contribution in [3.63, 3.8) is 0 Å². The number of furan rings is 1. The molecular formula is C21H17F3N2O4S. The van der Waals surface area contributed by atoms with Crippen LogP contribution in [-0.2, 0) is 27.5 Å². The first-order valence-corrected chi connectivity index (χ1v) is 10.4. The minimum Gasteiger partial charge on any atom is -0.460 e. The maximum absolute atomic E-state index is 12.6. The molecule has 10 heteroatoms. The molecule has 6 nitrogen and oxygen atoms in total. The average molecular weight is 450 g/mol. The molecule has 0 fully saturated rings. The van der Waals surface area contributed by atoms with E-state index in [9.17, 15) is 26.4 Å². The van der Waals surface area contributed by atoms with Crippen LogP contribution in [0.15, 0.2) is 82.1 Å². The molecule has 3 rings (SSSR count). The Morgan fingerprint density at radius 3 is 2.29 bits per heavy atom. The highest BCUT2D eigenvalue weighted by Gasteiger charge is 2.29. The van der Waals surface area contributed by atoms with Crippen molar-refractivity contribution in [1.82, 2.24) is 4.72 Å². The number of rotatable bonds is 7. The molecule has 2 N–H and O–H groups in total. The van der Waals surface area contributed by atoms with Gasteiger partial charge in [0, 0.05) is 11.8 Å². The molecule has 0 atom stereocenters. The highest BCUT2D eigenvalue weighted by atomic mass is 32.2. The van der Waals surface area contributed by atoms with Crippen LogP contribution in [0.4, 0.5) is 18.9 Å². The number of halogens is 3. The predicted octanol–water partition coefficient (Wildman–Crippen LogP) is 4.43. The number of anilines is 1.